The fourth-order valence-corrected chi connectivity index (χ4v) is 16.7. The predicted octanol–water partition coefficient (Wildman–Crippen LogP) is 7.16. The van der Waals surface area contributed by atoms with Crippen LogP contribution in [0.3, 0.4) is 0 Å². The van der Waals surface area contributed by atoms with Gasteiger partial charge >= 0.3 is 6.09 Å². The molecule has 6 fully saturated rings. The van der Waals surface area contributed by atoms with Crippen molar-refractivity contribution in [2.45, 2.75) is 202 Å². The third-order valence-corrected chi connectivity index (χ3v) is 24.7. The van der Waals surface area contributed by atoms with Gasteiger partial charge in [0.05, 0.1) is 72.5 Å². The summed E-state index contributed by atoms with van der Waals surface area (Å²) in [5.74, 6) is -5.88. The van der Waals surface area contributed by atoms with Crippen LogP contribution in [-0.4, -0.2) is 206 Å². The van der Waals surface area contributed by atoms with Gasteiger partial charge in [0.2, 0.25) is 35.4 Å². The topological polar surface area (TPSA) is 423 Å². The Kier molecular flexibility index (Phi) is 29.9. The summed E-state index contributed by atoms with van der Waals surface area (Å²) >= 11 is 0. The minimum absolute atomic E-state index is 0.0490. The first kappa shape index (κ1) is 91.4. The number of nitrogens with zero attached hydrogens (tertiary/aromatic N) is 2. The van der Waals surface area contributed by atoms with E-state index in [2.05, 4.69) is 57.8 Å². The van der Waals surface area contributed by atoms with Crippen molar-refractivity contribution in [1.29, 1.82) is 0 Å². The highest BCUT2D eigenvalue weighted by Gasteiger charge is 2.54. The Morgan fingerprint density at radius 3 is 1.52 bits per heavy atom. The van der Waals surface area contributed by atoms with Crippen LogP contribution >= 0.6 is 0 Å². The van der Waals surface area contributed by atoms with E-state index < -0.39 is 142 Å². The van der Waals surface area contributed by atoms with Gasteiger partial charge in [0.15, 0.2) is 17.3 Å². The molecular formula is C95H111N11O20. The van der Waals surface area contributed by atoms with Crippen LogP contribution in [0.15, 0.2) is 164 Å². The summed E-state index contributed by atoms with van der Waals surface area (Å²) in [6, 6.07) is 30.7. The molecule has 666 valence electrons. The lowest BCUT2D eigenvalue weighted by atomic mass is 9.81. The van der Waals surface area contributed by atoms with Crippen LogP contribution < -0.4 is 62.1 Å². The second-order valence-electron chi connectivity index (χ2n) is 34.2. The Morgan fingerprint density at radius 2 is 0.952 bits per heavy atom. The van der Waals surface area contributed by atoms with Gasteiger partial charge in [-0.1, -0.05) is 123 Å². The maximum atomic E-state index is 15.6. The van der Waals surface area contributed by atoms with E-state index in [0.29, 0.717) is 76.3 Å². The molecule has 31 heteroatoms. The maximum Gasteiger partial charge on any atom is 0.408 e. The van der Waals surface area contributed by atoms with Crippen molar-refractivity contribution in [2.24, 2.45) is 17.8 Å². The molecule has 6 aliphatic rings. The number of hydrogen-bond donors (Lipinski definition) is 9. The van der Waals surface area contributed by atoms with Gasteiger partial charge in [-0.05, 0) is 178 Å². The van der Waals surface area contributed by atoms with Crippen molar-refractivity contribution in [1.82, 2.24) is 57.8 Å². The van der Waals surface area contributed by atoms with Gasteiger partial charge in [-0.15, -0.1) is 0 Å². The second kappa shape index (κ2) is 41.2. The quantitative estimate of drug-likeness (QED) is 0.0171. The van der Waals surface area contributed by atoms with E-state index in [1.807, 2.05) is 24.3 Å². The Bertz CT molecular complexity index is 5100. The number of ether oxygens (including phenoxy) is 8. The standard InChI is InChI=1S/C95H111N11O20/c1-55(98-86(112)63-35-38-96-39-36-63)84(110)103-76(46-61-29-33-78(120-7)69(41-61)64-23-16-22-60(40-64)45-73(82(108)94(4)53-125-94)101-88(114)75(44-58-27-31-67(119-6)32-28-58)105-91(117)80(66-50-122-51-66)106-92(118)123-49-59-20-10-9-11-21-59)90(116)102-74(83(109)95(5)54-126-95)48-65-24-17-25-68(65)70-42-62(30-34-79(70)121-8)47-77(104-85(111)56(2)99-87(113)71-26-14-15-37-97-71)89(115)100-72(43-57-18-12-13-19-57)81(107)93(3)52-124-93/h9-11,14-16,20-23,26-42,55-57,65-66,68,72-77,80H,12-13,17-19,24-25,43-54H2,1-8H3,(H,98,112)(H,99,113)(H,100,115)(H,101,114)(H,102,116)(H,103,110)(H,104,111)(H,105,117)(H,106,118). The molecule has 14 atom stereocenters. The predicted molar refractivity (Wildman–Crippen MR) is 460 cm³/mol. The summed E-state index contributed by atoms with van der Waals surface area (Å²) in [7, 11) is 4.54. The van der Waals surface area contributed by atoms with Crippen LogP contribution in [0.5, 0.6) is 17.2 Å². The zero-order chi connectivity index (χ0) is 89.4. The van der Waals surface area contributed by atoms with Crippen molar-refractivity contribution in [3.8, 4) is 28.4 Å². The lowest BCUT2D eigenvalue weighted by Crippen LogP contribution is -2.61. The first-order valence-electron chi connectivity index (χ1n) is 43.0. The fraction of sp³-hybridized carbons (Fsp3) is 0.453. The molecule has 0 radical (unpaired) electrons. The highest BCUT2D eigenvalue weighted by Crippen LogP contribution is 2.47. The first-order valence-corrected chi connectivity index (χ1v) is 43.0. The van der Waals surface area contributed by atoms with Gasteiger partial charge in [0, 0.05) is 54.9 Å². The highest BCUT2D eigenvalue weighted by atomic mass is 16.6. The summed E-state index contributed by atoms with van der Waals surface area (Å²) in [5, 5.41) is 25.8. The van der Waals surface area contributed by atoms with E-state index in [9.17, 15) is 43.2 Å². The number of ketones is 3. The summed E-state index contributed by atoms with van der Waals surface area (Å²) < 4.78 is 45.6. The molecule has 2 aromatic heterocycles. The van der Waals surface area contributed by atoms with Crippen LogP contribution in [0.4, 0.5) is 4.79 Å². The maximum absolute atomic E-state index is 15.6. The van der Waals surface area contributed by atoms with E-state index in [-0.39, 0.29) is 107 Å². The molecule has 6 heterocycles. The number of alkyl carbamates (subject to hydrolysis) is 1. The minimum Gasteiger partial charge on any atom is -0.497 e. The molecule has 126 heavy (non-hydrogen) atoms. The number of carbonyl (C=O) groups excluding carboxylic acids is 12. The Morgan fingerprint density at radius 1 is 0.444 bits per heavy atom. The summed E-state index contributed by atoms with van der Waals surface area (Å²) in [6.45, 7) is 8.55. The molecule has 14 unspecified atom stereocenters. The molecule has 4 saturated heterocycles. The van der Waals surface area contributed by atoms with Crippen molar-refractivity contribution in [3.05, 3.63) is 209 Å². The molecule has 2 saturated carbocycles. The average molecular weight is 1730 g/mol. The van der Waals surface area contributed by atoms with Crippen LogP contribution in [0.1, 0.15) is 153 Å². The van der Waals surface area contributed by atoms with Gasteiger partial charge < -0.3 is 85.7 Å². The Hall–Kier alpha value is -12.3. The van der Waals surface area contributed by atoms with Gasteiger partial charge in [-0.3, -0.25) is 62.7 Å². The lowest BCUT2D eigenvalue weighted by Gasteiger charge is -2.34. The smallest absolute Gasteiger partial charge is 0.408 e. The minimum atomic E-state index is -1.42. The number of rotatable bonds is 43. The third kappa shape index (κ3) is 23.6. The number of amides is 9. The number of hydrogen-bond acceptors (Lipinski definition) is 22. The van der Waals surface area contributed by atoms with E-state index in [4.69, 9.17) is 37.9 Å². The van der Waals surface area contributed by atoms with E-state index in [1.54, 1.807) is 124 Å². The number of benzene rings is 5. The number of nitrogens with one attached hydrogen (secondary N) is 9. The molecule has 0 bridgehead atoms. The van der Waals surface area contributed by atoms with E-state index >= 15 is 14.4 Å². The van der Waals surface area contributed by atoms with Gasteiger partial charge in [0.1, 0.15) is 82.6 Å². The van der Waals surface area contributed by atoms with Crippen molar-refractivity contribution < 1.29 is 95.4 Å². The zero-order valence-electron chi connectivity index (χ0n) is 72.1. The molecule has 13 rings (SSSR count). The summed E-state index contributed by atoms with van der Waals surface area (Å²) in [4.78, 5) is 182. The molecule has 7 aromatic rings. The summed E-state index contributed by atoms with van der Waals surface area (Å²) in [5.41, 5.74) is 1.61. The normalized spacial score (nSPS) is 21.3. The Labute approximate surface area is 731 Å². The fourth-order valence-electron chi connectivity index (χ4n) is 16.7. The lowest BCUT2D eigenvalue weighted by molar-refractivity contribution is -0.136. The molecular weight excluding hydrogens is 1620 g/mol. The molecule has 0 spiro atoms. The molecule has 4 aliphatic heterocycles. The molecule has 5 aromatic carbocycles. The number of carbonyl (C=O) groups is 12. The van der Waals surface area contributed by atoms with Gasteiger partial charge in [-0.2, -0.15) is 0 Å². The number of pyridine rings is 2. The second-order valence-corrected chi connectivity index (χ2v) is 34.2. The highest BCUT2D eigenvalue weighted by molar-refractivity contribution is 6.02. The van der Waals surface area contributed by atoms with E-state index in [1.165, 1.54) is 72.0 Å². The van der Waals surface area contributed by atoms with Crippen LogP contribution in [0.2, 0.25) is 0 Å². The van der Waals surface area contributed by atoms with Crippen molar-refractivity contribution in [2.75, 3.05) is 54.4 Å². The third-order valence-electron chi connectivity index (χ3n) is 24.7. The van der Waals surface area contributed by atoms with Crippen molar-refractivity contribution >= 4 is 70.7 Å². The number of epoxide rings is 3. The van der Waals surface area contributed by atoms with Gasteiger partial charge in [-0.25, -0.2) is 4.79 Å². The van der Waals surface area contributed by atoms with Crippen LogP contribution in [0, 0.1) is 17.8 Å². The van der Waals surface area contributed by atoms with Crippen molar-refractivity contribution in [3.63, 3.8) is 0 Å². The summed E-state index contributed by atoms with van der Waals surface area (Å²) in [6.07, 6.45) is 9.29. The number of aromatic nitrogens is 2. The Balaban J connectivity index is 0.756. The monoisotopic (exact) mass is 1730 g/mol. The number of methoxy groups -OCH3 is 3. The molecule has 9 N–H and O–H groups in total. The first-order chi connectivity index (χ1) is 60.6. The average Bonchev–Trinajstić information content (AvgIpc) is 1.62. The van der Waals surface area contributed by atoms with Crippen LogP contribution in [0.25, 0.3) is 11.1 Å². The van der Waals surface area contributed by atoms with E-state index in [0.717, 1.165) is 36.8 Å². The van der Waals surface area contributed by atoms with Gasteiger partial charge in [0.25, 0.3) is 11.8 Å². The molecule has 2 aliphatic carbocycles. The largest absolute Gasteiger partial charge is 0.497 e. The molecule has 9 amide bonds. The SMILES string of the molecule is COc1ccc(CC(NC(=O)C(NC(=O)OCc2ccccc2)C2COC2)C(=O)NC(Cc2cccc(-c3cc(CC(NC(=O)C(C)NC(=O)c4ccncc4)C(=O)NC(CC4CCCC4c4cc(CC(NC(=O)C(C)NC(=O)c5ccccn5)C(=O)NC(CC5CCCC5)C(=O)C5(C)CO5)ccc4OC)C(=O)C4(C)CO4)ccc3OC)c2)C(=O)C2(C)CO2)cc1. The zero-order valence-corrected chi connectivity index (χ0v) is 72.1. The molecule has 31 nitrogen and oxygen atoms in total. The van der Waals surface area contributed by atoms with Crippen LogP contribution in [-0.2, 0) is 99.1 Å². The number of Topliss-reactive ketones (excluding diaryl/α,β-unsaturated/α-hetero) is 3.